The lowest BCUT2D eigenvalue weighted by atomic mass is 9.87. The number of nitrogens with zero attached hydrogens (tertiary/aromatic N) is 2. The number of halogens is 1. The first kappa shape index (κ1) is 24.1. The summed E-state index contributed by atoms with van der Waals surface area (Å²) in [5.41, 5.74) is 2.92. The molecule has 2 saturated carbocycles. The Kier molecular flexibility index (Phi) is 7.54. The summed E-state index contributed by atoms with van der Waals surface area (Å²) in [6.07, 6.45) is 12.5. The van der Waals surface area contributed by atoms with Gasteiger partial charge in [-0.05, 0) is 87.1 Å². The van der Waals surface area contributed by atoms with Crippen LogP contribution in [0.25, 0.3) is 22.2 Å². The Labute approximate surface area is 211 Å². The molecule has 0 spiro atoms. The summed E-state index contributed by atoms with van der Waals surface area (Å²) in [5.74, 6) is 1.73. The van der Waals surface area contributed by atoms with Crippen molar-refractivity contribution in [1.82, 2.24) is 25.6 Å². The van der Waals surface area contributed by atoms with Gasteiger partial charge in [0.1, 0.15) is 16.6 Å². The molecular weight excluding hydrogens is 460 g/mol. The van der Waals surface area contributed by atoms with Gasteiger partial charge in [0.2, 0.25) is 5.91 Å². The number of hydrogen-bond donors (Lipinski definition) is 4. The molecule has 0 saturated heterocycles. The highest BCUT2D eigenvalue weighted by atomic mass is 35.5. The van der Waals surface area contributed by atoms with Gasteiger partial charge < -0.3 is 20.9 Å². The standard InChI is InChI=1S/C27H35ClN6O/c1-17-4-6-19(7-5-17)30-16-26(35)33-21-10-8-20(9-11-21)32-25-14-18(13-24(28)34-25)23-15-31-27-22(23)3-2-12-29-27/h2-3,12-15,17,19-21,30H,4-11,16H2,1H3,(H,29,31)(H,32,34)(H,33,35). The number of aromatic nitrogens is 3. The normalized spacial score (nSPS) is 24.9. The molecule has 8 heteroatoms. The number of carbonyl (C=O) groups excluding carboxylic acids is 1. The molecule has 2 aliphatic rings. The summed E-state index contributed by atoms with van der Waals surface area (Å²) in [7, 11) is 0. The molecule has 3 heterocycles. The summed E-state index contributed by atoms with van der Waals surface area (Å²) >= 11 is 6.38. The van der Waals surface area contributed by atoms with Gasteiger partial charge in [-0.2, -0.15) is 0 Å². The van der Waals surface area contributed by atoms with E-state index in [1.165, 1.54) is 25.7 Å². The number of anilines is 1. The molecule has 0 bridgehead atoms. The minimum Gasteiger partial charge on any atom is -0.367 e. The highest BCUT2D eigenvalue weighted by Gasteiger charge is 2.24. The maximum Gasteiger partial charge on any atom is 0.234 e. The van der Waals surface area contributed by atoms with Crippen LogP contribution in [0, 0.1) is 5.92 Å². The monoisotopic (exact) mass is 494 g/mol. The van der Waals surface area contributed by atoms with E-state index >= 15 is 0 Å². The second kappa shape index (κ2) is 11.0. The molecule has 4 N–H and O–H groups in total. The SMILES string of the molecule is CC1CCC(NCC(=O)NC2CCC(Nc3cc(-c4c[nH]c5ncccc45)cc(Cl)n3)CC2)CC1. The summed E-state index contributed by atoms with van der Waals surface area (Å²) in [4.78, 5) is 24.6. The first-order valence-electron chi connectivity index (χ1n) is 12.9. The van der Waals surface area contributed by atoms with Crippen molar-refractivity contribution in [2.45, 2.75) is 76.4 Å². The van der Waals surface area contributed by atoms with Crippen LogP contribution in [0.4, 0.5) is 5.82 Å². The lowest BCUT2D eigenvalue weighted by Gasteiger charge is -2.31. The third-order valence-electron chi connectivity index (χ3n) is 7.57. The number of carbonyl (C=O) groups is 1. The van der Waals surface area contributed by atoms with Gasteiger partial charge in [0, 0.05) is 41.5 Å². The van der Waals surface area contributed by atoms with E-state index in [0.717, 1.165) is 59.6 Å². The Balaban J connectivity index is 1.11. The lowest BCUT2D eigenvalue weighted by Crippen LogP contribution is -2.45. The fourth-order valence-corrected chi connectivity index (χ4v) is 5.70. The van der Waals surface area contributed by atoms with E-state index in [2.05, 4.69) is 43.9 Å². The van der Waals surface area contributed by atoms with Gasteiger partial charge in [0.15, 0.2) is 0 Å². The van der Waals surface area contributed by atoms with Crippen LogP contribution in [-0.4, -0.2) is 45.5 Å². The van der Waals surface area contributed by atoms with Gasteiger partial charge in [-0.1, -0.05) is 18.5 Å². The van der Waals surface area contributed by atoms with E-state index < -0.39 is 0 Å². The van der Waals surface area contributed by atoms with E-state index in [9.17, 15) is 4.79 Å². The molecule has 7 nitrogen and oxygen atoms in total. The van der Waals surface area contributed by atoms with E-state index in [1.807, 2.05) is 24.4 Å². The van der Waals surface area contributed by atoms with Crippen molar-refractivity contribution in [3.8, 4) is 11.1 Å². The van der Waals surface area contributed by atoms with Gasteiger partial charge in [0.05, 0.1) is 6.54 Å². The summed E-state index contributed by atoms with van der Waals surface area (Å²) in [6, 6.07) is 8.97. The molecule has 0 radical (unpaired) electrons. The van der Waals surface area contributed by atoms with Gasteiger partial charge in [0.25, 0.3) is 0 Å². The Hall–Kier alpha value is -2.64. The maximum absolute atomic E-state index is 12.5. The lowest BCUT2D eigenvalue weighted by molar-refractivity contribution is -0.121. The number of rotatable bonds is 7. The Morgan fingerprint density at radius 1 is 1.06 bits per heavy atom. The van der Waals surface area contributed by atoms with E-state index in [1.54, 1.807) is 6.20 Å². The van der Waals surface area contributed by atoms with Crippen molar-refractivity contribution in [3.05, 3.63) is 41.8 Å². The molecule has 2 aliphatic carbocycles. The van der Waals surface area contributed by atoms with Crippen LogP contribution < -0.4 is 16.0 Å². The molecule has 2 fully saturated rings. The third kappa shape index (κ3) is 6.14. The van der Waals surface area contributed by atoms with Crippen LogP contribution in [0.3, 0.4) is 0 Å². The van der Waals surface area contributed by atoms with Crippen LogP contribution >= 0.6 is 11.6 Å². The predicted octanol–water partition coefficient (Wildman–Crippen LogP) is 5.29. The summed E-state index contributed by atoms with van der Waals surface area (Å²) in [6.45, 7) is 2.74. The molecule has 186 valence electrons. The number of pyridine rings is 2. The van der Waals surface area contributed by atoms with Crippen molar-refractivity contribution >= 4 is 34.4 Å². The van der Waals surface area contributed by atoms with Gasteiger partial charge >= 0.3 is 0 Å². The molecular formula is C27H35ClN6O. The molecule has 0 atom stereocenters. The predicted molar refractivity (Wildman–Crippen MR) is 142 cm³/mol. The first-order valence-corrected chi connectivity index (χ1v) is 13.3. The maximum atomic E-state index is 12.5. The number of hydrogen-bond acceptors (Lipinski definition) is 5. The van der Waals surface area contributed by atoms with Crippen LogP contribution in [-0.2, 0) is 4.79 Å². The molecule has 35 heavy (non-hydrogen) atoms. The van der Waals surface area contributed by atoms with Crippen molar-refractivity contribution in [3.63, 3.8) is 0 Å². The van der Waals surface area contributed by atoms with Gasteiger partial charge in [-0.25, -0.2) is 9.97 Å². The largest absolute Gasteiger partial charge is 0.367 e. The zero-order valence-corrected chi connectivity index (χ0v) is 21.1. The van der Waals surface area contributed by atoms with E-state index in [4.69, 9.17) is 11.6 Å². The van der Waals surface area contributed by atoms with Crippen LogP contribution in [0.2, 0.25) is 5.15 Å². The number of amides is 1. The zero-order chi connectivity index (χ0) is 24.2. The molecule has 0 unspecified atom stereocenters. The van der Waals surface area contributed by atoms with Crippen LogP contribution in [0.15, 0.2) is 36.7 Å². The highest BCUT2D eigenvalue weighted by molar-refractivity contribution is 6.29. The summed E-state index contributed by atoms with van der Waals surface area (Å²) in [5, 5.41) is 11.8. The average Bonchev–Trinajstić information content (AvgIpc) is 3.29. The van der Waals surface area contributed by atoms with Crippen molar-refractivity contribution in [1.29, 1.82) is 0 Å². The molecule has 0 aromatic carbocycles. The summed E-state index contributed by atoms with van der Waals surface area (Å²) < 4.78 is 0. The number of aromatic amines is 1. The second-order valence-electron chi connectivity index (χ2n) is 10.3. The minimum atomic E-state index is 0.120. The Bertz CT molecular complexity index is 1150. The number of fused-ring (bicyclic) bond motifs is 1. The highest BCUT2D eigenvalue weighted by Crippen LogP contribution is 2.31. The van der Waals surface area contributed by atoms with E-state index in [-0.39, 0.29) is 11.9 Å². The smallest absolute Gasteiger partial charge is 0.234 e. The van der Waals surface area contributed by atoms with Gasteiger partial charge in [-0.15, -0.1) is 0 Å². The van der Waals surface area contributed by atoms with Crippen LogP contribution in [0.1, 0.15) is 58.3 Å². The number of H-pyrrole nitrogens is 1. The Morgan fingerprint density at radius 2 is 1.80 bits per heavy atom. The Morgan fingerprint density at radius 3 is 2.60 bits per heavy atom. The van der Waals surface area contributed by atoms with Crippen molar-refractivity contribution in [2.24, 2.45) is 5.92 Å². The van der Waals surface area contributed by atoms with E-state index in [0.29, 0.717) is 23.8 Å². The third-order valence-corrected chi connectivity index (χ3v) is 7.76. The molecule has 3 aromatic heterocycles. The zero-order valence-electron chi connectivity index (χ0n) is 20.3. The average molecular weight is 495 g/mol. The minimum absolute atomic E-state index is 0.120. The fraction of sp³-hybridized carbons (Fsp3) is 0.519. The molecule has 1 amide bonds. The second-order valence-corrected chi connectivity index (χ2v) is 10.7. The quantitative estimate of drug-likeness (QED) is 0.335. The van der Waals surface area contributed by atoms with Crippen molar-refractivity contribution in [2.75, 3.05) is 11.9 Å². The van der Waals surface area contributed by atoms with Crippen LogP contribution in [0.5, 0.6) is 0 Å². The van der Waals surface area contributed by atoms with Crippen molar-refractivity contribution < 1.29 is 4.79 Å². The molecule has 0 aliphatic heterocycles. The molecule has 5 rings (SSSR count). The number of nitrogens with one attached hydrogen (secondary N) is 4. The topological polar surface area (TPSA) is 94.7 Å². The molecule has 3 aromatic rings. The fourth-order valence-electron chi connectivity index (χ4n) is 5.49. The first-order chi connectivity index (χ1) is 17.0. The van der Waals surface area contributed by atoms with Gasteiger partial charge in [-0.3, -0.25) is 4.79 Å².